The van der Waals surface area contributed by atoms with Crippen molar-refractivity contribution >= 4 is 11.8 Å². The quantitative estimate of drug-likeness (QED) is 0.557. The summed E-state index contributed by atoms with van der Waals surface area (Å²) < 4.78 is 5.50. The van der Waals surface area contributed by atoms with Crippen molar-refractivity contribution in [2.75, 3.05) is 14.2 Å². The van der Waals surface area contributed by atoms with Gasteiger partial charge in [0.1, 0.15) is 11.8 Å². The van der Waals surface area contributed by atoms with Crippen molar-refractivity contribution < 1.29 is 14.3 Å². The molecule has 1 atom stereocenters. The van der Waals surface area contributed by atoms with Crippen LogP contribution in [-0.2, 0) is 10.2 Å². The molecule has 3 aromatic rings. The molecule has 33 heavy (non-hydrogen) atoms. The van der Waals surface area contributed by atoms with Gasteiger partial charge in [0.25, 0.3) is 5.91 Å². The number of amides is 2. The number of hydrogen-bond acceptors (Lipinski definition) is 3. The van der Waals surface area contributed by atoms with E-state index in [1.54, 1.807) is 26.3 Å². The molecule has 172 valence electrons. The molecule has 0 saturated carbocycles. The molecular weight excluding hydrogens is 412 g/mol. The van der Waals surface area contributed by atoms with Crippen molar-refractivity contribution in [1.29, 1.82) is 0 Å². The summed E-state index contributed by atoms with van der Waals surface area (Å²) in [7, 11) is 3.20. The van der Waals surface area contributed by atoms with E-state index in [-0.39, 0.29) is 23.1 Å². The minimum atomic E-state index is -0.799. The molecule has 5 nitrogen and oxygen atoms in total. The summed E-state index contributed by atoms with van der Waals surface area (Å²) in [6.45, 7) is 6.21. The topological polar surface area (TPSA) is 67.4 Å². The maximum Gasteiger partial charge on any atom is 0.251 e. The Kier molecular flexibility index (Phi) is 7.54. The summed E-state index contributed by atoms with van der Waals surface area (Å²) in [6.07, 6.45) is 0. The van der Waals surface area contributed by atoms with Crippen molar-refractivity contribution in [1.82, 2.24) is 10.6 Å². The van der Waals surface area contributed by atoms with Gasteiger partial charge >= 0.3 is 0 Å². The zero-order valence-corrected chi connectivity index (χ0v) is 19.9. The van der Waals surface area contributed by atoms with Crippen LogP contribution in [0.1, 0.15) is 53.7 Å². The summed E-state index contributed by atoms with van der Waals surface area (Å²) >= 11 is 0. The number of hydrogen-bond donors (Lipinski definition) is 2. The lowest BCUT2D eigenvalue weighted by molar-refractivity contribution is -0.122. The van der Waals surface area contributed by atoms with E-state index in [1.165, 1.54) is 0 Å². The Morgan fingerprint density at radius 2 is 1.39 bits per heavy atom. The van der Waals surface area contributed by atoms with Crippen molar-refractivity contribution in [2.24, 2.45) is 0 Å². The Morgan fingerprint density at radius 1 is 0.848 bits per heavy atom. The van der Waals surface area contributed by atoms with Crippen LogP contribution in [0.4, 0.5) is 0 Å². The molecule has 0 fully saturated rings. The van der Waals surface area contributed by atoms with Gasteiger partial charge in [-0.3, -0.25) is 9.59 Å². The van der Waals surface area contributed by atoms with Gasteiger partial charge in [-0.05, 0) is 34.7 Å². The van der Waals surface area contributed by atoms with E-state index in [0.717, 1.165) is 22.4 Å². The average Bonchev–Trinajstić information content (AvgIpc) is 2.83. The molecule has 5 heteroatoms. The van der Waals surface area contributed by atoms with Crippen LogP contribution in [0.5, 0.6) is 5.75 Å². The van der Waals surface area contributed by atoms with E-state index < -0.39 is 6.04 Å². The molecule has 0 radical (unpaired) electrons. The first-order valence-electron chi connectivity index (χ1n) is 11.1. The SMILES string of the molecule is CNC(=O)[C@@H](NC(=O)c1ccc(OC)c(C(C)(C)C)c1)C(c1ccccc1)c1ccccc1. The number of nitrogens with one attached hydrogen (secondary N) is 2. The molecule has 0 spiro atoms. The van der Waals surface area contributed by atoms with Gasteiger partial charge in [-0.15, -0.1) is 0 Å². The van der Waals surface area contributed by atoms with E-state index in [9.17, 15) is 9.59 Å². The van der Waals surface area contributed by atoms with Crippen molar-refractivity contribution in [3.63, 3.8) is 0 Å². The Labute approximate surface area is 196 Å². The highest BCUT2D eigenvalue weighted by Crippen LogP contribution is 2.33. The lowest BCUT2D eigenvalue weighted by Crippen LogP contribution is -2.49. The smallest absolute Gasteiger partial charge is 0.251 e. The Balaban J connectivity index is 2.03. The Morgan fingerprint density at radius 3 is 1.85 bits per heavy atom. The van der Waals surface area contributed by atoms with E-state index in [2.05, 4.69) is 31.4 Å². The normalized spacial score (nSPS) is 12.2. The zero-order valence-electron chi connectivity index (χ0n) is 19.9. The van der Waals surface area contributed by atoms with Crippen LogP contribution in [0, 0.1) is 0 Å². The van der Waals surface area contributed by atoms with Crippen LogP contribution < -0.4 is 15.4 Å². The first-order valence-corrected chi connectivity index (χ1v) is 11.1. The lowest BCUT2D eigenvalue weighted by Gasteiger charge is -2.28. The van der Waals surface area contributed by atoms with Crippen molar-refractivity contribution in [3.8, 4) is 5.75 Å². The second kappa shape index (κ2) is 10.3. The molecular formula is C28H32N2O3. The third-order valence-electron chi connectivity index (χ3n) is 5.74. The molecule has 0 bridgehead atoms. The molecule has 2 amide bonds. The van der Waals surface area contributed by atoms with Gasteiger partial charge in [0, 0.05) is 24.1 Å². The van der Waals surface area contributed by atoms with Gasteiger partial charge < -0.3 is 15.4 Å². The summed E-state index contributed by atoms with van der Waals surface area (Å²) in [5, 5.41) is 5.73. The fourth-order valence-corrected chi connectivity index (χ4v) is 4.01. The number of carbonyl (C=O) groups is 2. The first-order chi connectivity index (χ1) is 15.8. The molecule has 0 aliphatic heterocycles. The van der Waals surface area contributed by atoms with Crippen LogP contribution in [0.15, 0.2) is 78.9 Å². The van der Waals surface area contributed by atoms with Crippen LogP contribution in [-0.4, -0.2) is 32.0 Å². The Bertz CT molecular complexity index is 1050. The highest BCUT2D eigenvalue weighted by Gasteiger charge is 2.32. The Hall–Kier alpha value is -3.60. The first kappa shape index (κ1) is 24.1. The zero-order chi connectivity index (χ0) is 24.0. The standard InChI is InChI=1S/C28H32N2O3/c1-28(2,3)22-18-21(16-17-23(22)33-5)26(31)30-25(27(32)29-4)24(19-12-8-6-9-13-19)20-14-10-7-11-15-20/h6-18,24-25H,1-5H3,(H,29,32)(H,30,31)/t25-/m0/s1. The average molecular weight is 445 g/mol. The second-order valence-corrected chi connectivity index (χ2v) is 9.03. The molecule has 0 heterocycles. The van der Waals surface area contributed by atoms with Gasteiger partial charge in [0.15, 0.2) is 0 Å². The van der Waals surface area contributed by atoms with E-state index >= 15 is 0 Å². The second-order valence-electron chi connectivity index (χ2n) is 9.03. The van der Waals surface area contributed by atoms with Crippen LogP contribution in [0.3, 0.4) is 0 Å². The minimum absolute atomic E-state index is 0.210. The number of carbonyl (C=O) groups excluding carboxylic acids is 2. The predicted octanol–water partition coefficient (Wildman–Crippen LogP) is 4.67. The highest BCUT2D eigenvalue weighted by atomic mass is 16.5. The largest absolute Gasteiger partial charge is 0.496 e. The van der Waals surface area contributed by atoms with Crippen molar-refractivity contribution in [3.05, 3.63) is 101 Å². The summed E-state index contributed by atoms with van der Waals surface area (Å²) in [5.41, 5.74) is 3.09. The summed E-state index contributed by atoms with van der Waals surface area (Å²) in [4.78, 5) is 26.4. The van der Waals surface area contributed by atoms with Gasteiger partial charge in [0.05, 0.1) is 7.11 Å². The third-order valence-corrected chi connectivity index (χ3v) is 5.74. The summed E-state index contributed by atoms with van der Waals surface area (Å²) in [5.74, 6) is -0.191. The molecule has 3 rings (SSSR count). The monoisotopic (exact) mass is 444 g/mol. The van der Waals surface area contributed by atoms with E-state index in [0.29, 0.717) is 5.56 Å². The molecule has 3 aromatic carbocycles. The minimum Gasteiger partial charge on any atom is -0.496 e. The molecule has 0 unspecified atom stereocenters. The van der Waals surface area contributed by atoms with Crippen molar-refractivity contribution in [2.45, 2.75) is 38.1 Å². The molecule has 0 aromatic heterocycles. The number of likely N-dealkylation sites (N-methyl/N-ethyl adjacent to an activating group) is 1. The molecule has 0 aliphatic carbocycles. The number of ether oxygens (including phenoxy) is 1. The highest BCUT2D eigenvalue weighted by molar-refractivity contribution is 5.98. The van der Waals surface area contributed by atoms with Gasteiger partial charge in [-0.25, -0.2) is 0 Å². The van der Waals surface area contributed by atoms with Gasteiger partial charge in [-0.1, -0.05) is 81.4 Å². The van der Waals surface area contributed by atoms with Crippen LogP contribution in [0.2, 0.25) is 0 Å². The fraction of sp³-hybridized carbons (Fsp3) is 0.286. The number of methoxy groups -OCH3 is 1. The third kappa shape index (κ3) is 5.61. The van der Waals surface area contributed by atoms with Gasteiger partial charge in [0.2, 0.25) is 5.91 Å². The molecule has 0 saturated heterocycles. The molecule has 0 aliphatic rings. The number of benzene rings is 3. The van der Waals surface area contributed by atoms with Crippen LogP contribution >= 0.6 is 0 Å². The number of rotatable bonds is 7. The summed E-state index contributed by atoms with van der Waals surface area (Å²) in [6, 6.07) is 24.1. The fourth-order valence-electron chi connectivity index (χ4n) is 4.01. The van der Waals surface area contributed by atoms with Gasteiger partial charge in [-0.2, -0.15) is 0 Å². The van der Waals surface area contributed by atoms with E-state index in [4.69, 9.17) is 4.74 Å². The maximum atomic E-state index is 13.4. The lowest BCUT2D eigenvalue weighted by atomic mass is 9.84. The van der Waals surface area contributed by atoms with E-state index in [1.807, 2.05) is 66.7 Å². The van der Waals surface area contributed by atoms with Crippen LogP contribution in [0.25, 0.3) is 0 Å². The predicted molar refractivity (Wildman–Crippen MR) is 132 cm³/mol. The molecule has 2 N–H and O–H groups in total. The maximum absolute atomic E-state index is 13.4.